The van der Waals surface area contributed by atoms with E-state index in [0.29, 0.717) is 0 Å². The van der Waals surface area contributed by atoms with Crippen molar-refractivity contribution in [2.45, 2.75) is 49.8 Å². The van der Waals surface area contributed by atoms with Gasteiger partial charge in [0.1, 0.15) is 0 Å². The largest absolute Gasteiger partial charge is 0.301 e. The molecule has 4 aliphatic carbocycles. The number of carbonyl (C=O) groups excluding carboxylic acids is 1. The molecule has 20 heavy (non-hydrogen) atoms. The number of carbonyl (C=O) groups is 1. The van der Waals surface area contributed by atoms with Crippen LogP contribution in [0.5, 0.6) is 0 Å². The Morgan fingerprint density at radius 1 is 1.40 bits per heavy atom. The summed E-state index contributed by atoms with van der Waals surface area (Å²) in [4.78, 5) is 17.2. The Kier molecular flexibility index (Phi) is 2.84. The van der Waals surface area contributed by atoms with Crippen LogP contribution in [0.3, 0.4) is 0 Å². The molecule has 1 amide bonds. The van der Waals surface area contributed by atoms with Gasteiger partial charge in [0, 0.05) is 9.70 Å². The van der Waals surface area contributed by atoms with Crippen molar-refractivity contribution in [1.29, 1.82) is 0 Å². The van der Waals surface area contributed by atoms with E-state index in [1.165, 1.54) is 30.6 Å². The topological polar surface area (TPSA) is 42.0 Å². The fourth-order valence-corrected chi connectivity index (χ4v) is 7.19. The number of nitrogens with one attached hydrogen (secondary N) is 1. The van der Waals surface area contributed by atoms with Gasteiger partial charge >= 0.3 is 0 Å². The van der Waals surface area contributed by atoms with Gasteiger partial charge in [0.25, 0.3) is 0 Å². The fraction of sp³-hybridized carbons (Fsp3) is 0.733. The molecule has 1 heterocycles. The smallest absolute Gasteiger partial charge is 0.232 e. The average Bonchev–Trinajstić information content (AvgIpc) is 2.71. The van der Waals surface area contributed by atoms with Crippen LogP contribution in [0.25, 0.3) is 0 Å². The van der Waals surface area contributed by atoms with Crippen LogP contribution >= 0.6 is 27.3 Å². The SMILES string of the molecule is Cc1csc(NC(=O)C23C[C@@H]4C[C@@H](CC(Br)(C4)C2)C3)n1. The summed E-state index contributed by atoms with van der Waals surface area (Å²) in [6, 6.07) is 0. The zero-order valence-electron chi connectivity index (χ0n) is 11.6. The van der Waals surface area contributed by atoms with Crippen LogP contribution in [0, 0.1) is 24.2 Å². The van der Waals surface area contributed by atoms with Crippen LogP contribution < -0.4 is 5.32 Å². The number of thiazole rings is 1. The summed E-state index contributed by atoms with van der Waals surface area (Å²) < 4.78 is 0.229. The molecule has 2 unspecified atom stereocenters. The molecule has 3 nitrogen and oxygen atoms in total. The molecular weight excluding hydrogens is 336 g/mol. The maximum atomic E-state index is 12.9. The van der Waals surface area contributed by atoms with E-state index < -0.39 is 0 Å². The van der Waals surface area contributed by atoms with Crippen LogP contribution in [0.4, 0.5) is 5.13 Å². The van der Waals surface area contributed by atoms with Crippen LogP contribution in [-0.2, 0) is 4.79 Å². The summed E-state index contributed by atoms with van der Waals surface area (Å²) >= 11 is 5.48. The van der Waals surface area contributed by atoms with E-state index >= 15 is 0 Å². The molecular formula is C15H19BrN2OS. The lowest BCUT2D eigenvalue weighted by molar-refractivity contribution is -0.138. The third-order valence-corrected chi connectivity index (χ3v) is 7.11. The Bertz CT molecular complexity index is 556. The first kappa shape index (κ1) is 13.3. The van der Waals surface area contributed by atoms with E-state index in [0.717, 1.165) is 41.9 Å². The first-order valence-electron chi connectivity index (χ1n) is 7.39. The predicted molar refractivity (Wildman–Crippen MR) is 84.3 cm³/mol. The molecule has 4 bridgehead atoms. The minimum atomic E-state index is -0.146. The number of aryl methyl sites for hydroxylation is 1. The quantitative estimate of drug-likeness (QED) is 0.811. The molecule has 1 N–H and O–H groups in total. The molecule has 0 radical (unpaired) electrons. The van der Waals surface area contributed by atoms with Gasteiger partial charge in [-0.3, -0.25) is 4.79 Å². The number of hydrogen-bond acceptors (Lipinski definition) is 3. The van der Waals surface area contributed by atoms with Gasteiger partial charge in [-0.15, -0.1) is 11.3 Å². The molecule has 4 fully saturated rings. The lowest BCUT2D eigenvalue weighted by atomic mass is 9.49. The summed E-state index contributed by atoms with van der Waals surface area (Å²) in [6.07, 6.45) is 7.01. The van der Waals surface area contributed by atoms with Crippen LogP contribution in [0.1, 0.15) is 44.2 Å². The van der Waals surface area contributed by atoms with Gasteiger partial charge in [0.2, 0.25) is 5.91 Å². The number of alkyl halides is 1. The lowest BCUT2D eigenvalue weighted by Gasteiger charge is -2.59. The van der Waals surface area contributed by atoms with Crippen molar-refractivity contribution in [3.63, 3.8) is 0 Å². The maximum Gasteiger partial charge on any atom is 0.232 e. The van der Waals surface area contributed by atoms with Gasteiger partial charge in [-0.25, -0.2) is 4.98 Å². The van der Waals surface area contributed by atoms with E-state index in [1.807, 2.05) is 12.3 Å². The molecule has 1 aromatic rings. The minimum Gasteiger partial charge on any atom is -0.301 e. The summed E-state index contributed by atoms with van der Waals surface area (Å²) in [5.74, 6) is 1.68. The molecule has 0 aliphatic heterocycles. The van der Waals surface area contributed by atoms with Gasteiger partial charge in [-0.05, 0) is 57.3 Å². The number of hydrogen-bond donors (Lipinski definition) is 1. The van der Waals surface area contributed by atoms with Crippen LogP contribution in [0.2, 0.25) is 0 Å². The standard InChI is InChI=1S/C15H19BrN2OS/c1-9-7-20-13(17-9)18-12(19)14-3-10-2-11(4-14)6-15(16,5-10)8-14/h7,10-11H,2-6,8H2,1H3,(H,17,18,19)/t10-,11+,14?,15?. The summed E-state index contributed by atoms with van der Waals surface area (Å²) in [6.45, 7) is 1.96. The van der Waals surface area contributed by atoms with Crippen molar-refractivity contribution >= 4 is 38.3 Å². The van der Waals surface area contributed by atoms with Gasteiger partial charge < -0.3 is 5.32 Å². The molecule has 5 heteroatoms. The highest BCUT2D eigenvalue weighted by molar-refractivity contribution is 9.10. The second-order valence-corrected chi connectivity index (χ2v) is 9.68. The zero-order valence-corrected chi connectivity index (χ0v) is 14.0. The Balaban J connectivity index is 1.59. The van der Waals surface area contributed by atoms with E-state index in [1.54, 1.807) is 0 Å². The Morgan fingerprint density at radius 2 is 2.10 bits per heavy atom. The van der Waals surface area contributed by atoms with Gasteiger partial charge in [-0.1, -0.05) is 15.9 Å². The molecule has 0 spiro atoms. The number of rotatable bonds is 2. The molecule has 4 atom stereocenters. The lowest BCUT2D eigenvalue weighted by Crippen LogP contribution is -2.57. The number of anilines is 1. The van der Waals surface area contributed by atoms with Crippen molar-refractivity contribution in [2.24, 2.45) is 17.3 Å². The highest BCUT2D eigenvalue weighted by atomic mass is 79.9. The minimum absolute atomic E-state index is 0.146. The molecule has 0 aromatic carbocycles. The van der Waals surface area contributed by atoms with Crippen molar-refractivity contribution in [3.8, 4) is 0 Å². The second kappa shape index (κ2) is 4.29. The van der Waals surface area contributed by atoms with Crippen LogP contribution in [-0.4, -0.2) is 15.2 Å². The van der Waals surface area contributed by atoms with E-state index in [4.69, 9.17) is 0 Å². The van der Waals surface area contributed by atoms with E-state index in [2.05, 4.69) is 26.2 Å². The van der Waals surface area contributed by atoms with Crippen molar-refractivity contribution in [2.75, 3.05) is 5.32 Å². The molecule has 108 valence electrons. The molecule has 4 aliphatic rings. The van der Waals surface area contributed by atoms with Crippen molar-refractivity contribution in [1.82, 2.24) is 4.98 Å². The normalized spacial score (nSPS) is 41.9. The van der Waals surface area contributed by atoms with Crippen molar-refractivity contribution < 1.29 is 4.79 Å². The van der Waals surface area contributed by atoms with Gasteiger partial charge in [0.15, 0.2) is 5.13 Å². The third kappa shape index (κ3) is 2.05. The maximum absolute atomic E-state index is 12.9. The number of amides is 1. The third-order valence-electron chi connectivity index (χ3n) is 5.31. The van der Waals surface area contributed by atoms with E-state index in [-0.39, 0.29) is 15.6 Å². The van der Waals surface area contributed by atoms with E-state index in [9.17, 15) is 4.79 Å². The molecule has 0 saturated heterocycles. The summed E-state index contributed by atoms with van der Waals surface area (Å²) in [5.41, 5.74) is 0.834. The average molecular weight is 355 g/mol. The Hall–Kier alpha value is -0.420. The van der Waals surface area contributed by atoms with Gasteiger partial charge in [-0.2, -0.15) is 0 Å². The monoisotopic (exact) mass is 354 g/mol. The Morgan fingerprint density at radius 3 is 2.65 bits per heavy atom. The summed E-state index contributed by atoms with van der Waals surface area (Å²) in [7, 11) is 0. The fourth-order valence-electron chi connectivity index (χ4n) is 5.06. The van der Waals surface area contributed by atoms with Crippen LogP contribution in [0.15, 0.2) is 5.38 Å². The predicted octanol–water partition coefficient (Wildman–Crippen LogP) is 4.12. The first-order valence-corrected chi connectivity index (χ1v) is 9.06. The highest BCUT2D eigenvalue weighted by Gasteiger charge is 2.59. The Labute approximate surface area is 131 Å². The molecule has 1 aromatic heterocycles. The van der Waals surface area contributed by atoms with Crippen molar-refractivity contribution in [3.05, 3.63) is 11.1 Å². The zero-order chi connectivity index (χ0) is 14.0. The number of halogens is 1. The second-order valence-electron chi connectivity index (χ2n) is 7.14. The number of nitrogens with zero attached hydrogens (tertiary/aromatic N) is 1. The number of aromatic nitrogens is 1. The molecule has 5 rings (SSSR count). The van der Waals surface area contributed by atoms with Gasteiger partial charge in [0.05, 0.1) is 11.1 Å². The summed E-state index contributed by atoms with van der Waals surface area (Å²) in [5, 5.41) is 5.83. The highest BCUT2D eigenvalue weighted by Crippen LogP contribution is 2.64. The first-order chi connectivity index (χ1) is 9.46. The molecule has 4 saturated carbocycles.